The number of hydrogen-bond donors (Lipinski definition) is 0. The van der Waals surface area contributed by atoms with E-state index in [1.165, 1.54) is 0 Å². The molecule has 0 spiro atoms. The number of alkyl halides is 15. The van der Waals surface area contributed by atoms with Crippen LogP contribution in [0.2, 0.25) is 18.1 Å². The van der Waals surface area contributed by atoms with Gasteiger partial charge in [0, 0.05) is 0 Å². The maximum Gasteiger partial charge on any atom is 0.460 e. The van der Waals surface area contributed by atoms with E-state index in [1.54, 1.807) is 0 Å². The maximum atomic E-state index is 14.3. The summed E-state index contributed by atoms with van der Waals surface area (Å²) in [6, 6.07) is -2.79. The Morgan fingerprint density at radius 3 is 0.897 bits per heavy atom. The van der Waals surface area contributed by atoms with Gasteiger partial charge in [-0.2, -0.15) is 57.1 Å². The Morgan fingerprint density at radius 1 is 0.414 bits per heavy atom. The Labute approximate surface area is 155 Å². The smallest absolute Gasteiger partial charge is 0.205 e. The van der Waals surface area contributed by atoms with E-state index in [9.17, 15) is 65.9 Å². The Kier molecular flexibility index (Phi) is 7.18. The lowest BCUT2D eigenvalue weighted by Gasteiger charge is -2.46. The van der Waals surface area contributed by atoms with Gasteiger partial charge in [-0.15, -0.1) is 0 Å². The molecule has 0 bridgehead atoms. The molecule has 0 N–H and O–H groups in total. The Hall–Kier alpha value is -0.833. The highest BCUT2D eigenvalue weighted by molar-refractivity contribution is 6.82. The summed E-state index contributed by atoms with van der Waals surface area (Å²) in [6.07, 6.45) is -7.58. The van der Waals surface area contributed by atoms with Gasteiger partial charge in [0.15, 0.2) is 0 Å². The van der Waals surface area contributed by atoms with Gasteiger partial charge in [0.1, 0.15) is 8.07 Å². The maximum absolute atomic E-state index is 14.3. The molecule has 0 aromatic rings. The Balaban J connectivity index is 6.80. The molecule has 0 heterocycles. The highest BCUT2D eigenvalue weighted by Gasteiger charge is 2.94. The van der Waals surface area contributed by atoms with Gasteiger partial charge >= 0.3 is 35.8 Å². The molecule has 176 valence electrons. The molecule has 0 nitrogen and oxygen atoms in total. The molecule has 0 saturated carbocycles. The van der Waals surface area contributed by atoms with Gasteiger partial charge in [0.2, 0.25) is 0 Å². The van der Waals surface area contributed by atoms with E-state index >= 15 is 0 Å². The summed E-state index contributed by atoms with van der Waals surface area (Å²) in [7, 11) is -4.96. The van der Waals surface area contributed by atoms with Crippen molar-refractivity contribution in [2.24, 2.45) is 0 Å². The standard InChI is InChI=1S/C13H15F15Si/c1-4-29(5-2,6-3)13(27,28)11(22,23)9(18,19)7(14,15)8(16,17)10(20,21)12(24,25)26/h4-6H2,1-3H3. The van der Waals surface area contributed by atoms with E-state index in [0.717, 1.165) is 20.8 Å². The first kappa shape index (κ1) is 28.2. The molecule has 0 radical (unpaired) electrons. The molecule has 0 aliphatic carbocycles. The van der Waals surface area contributed by atoms with Gasteiger partial charge in [0.05, 0.1) is 0 Å². The molecule has 0 aromatic carbocycles. The third-order valence-electron chi connectivity index (χ3n) is 5.02. The van der Waals surface area contributed by atoms with Crippen LogP contribution in [0.4, 0.5) is 65.9 Å². The van der Waals surface area contributed by atoms with Gasteiger partial charge in [-0.3, -0.25) is 0 Å². The summed E-state index contributed by atoms with van der Waals surface area (Å²) >= 11 is 0. The minimum atomic E-state index is -8.21. The van der Waals surface area contributed by atoms with Crippen molar-refractivity contribution >= 4 is 8.07 Å². The van der Waals surface area contributed by atoms with Crippen molar-refractivity contribution in [3.63, 3.8) is 0 Å². The van der Waals surface area contributed by atoms with Crippen LogP contribution in [0.3, 0.4) is 0 Å². The SMILES string of the molecule is CC[Si](CC)(CC)C(F)(F)C(F)(F)C(F)(F)C(F)(F)C(F)(F)C(F)(F)C(F)(F)F. The predicted octanol–water partition coefficient (Wildman–Crippen LogP) is 7.41. The highest BCUT2D eigenvalue weighted by atomic mass is 28.3. The second-order valence-electron chi connectivity index (χ2n) is 6.29. The lowest BCUT2D eigenvalue weighted by molar-refractivity contribution is -0.448. The molecule has 0 aliphatic heterocycles. The van der Waals surface area contributed by atoms with Crippen LogP contribution < -0.4 is 0 Å². The van der Waals surface area contributed by atoms with Crippen LogP contribution in [-0.2, 0) is 0 Å². The molecular weight excluding hydrogens is 469 g/mol. The van der Waals surface area contributed by atoms with Crippen LogP contribution in [-0.4, -0.2) is 49.4 Å². The summed E-state index contributed by atoms with van der Waals surface area (Å²) in [5.74, 6) is -39.7. The quantitative estimate of drug-likeness (QED) is 0.236. The van der Waals surface area contributed by atoms with E-state index < -0.39 is 67.5 Å². The van der Waals surface area contributed by atoms with Gasteiger partial charge in [-0.05, 0) is 0 Å². The van der Waals surface area contributed by atoms with Gasteiger partial charge in [-0.1, -0.05) is 38.9 Å². The number of hydrogen-bond acceptors (Lipinski definition) is 0. The molecule has 0 aliphatic rings. The van der Waals surface area contributed by atoms with Crippen molar-refractivity contribution < 1.29 is 65.9 Å². The number of halogens is 15. The summed E-state index contributed by atoms with van der Waals surface area (Å²) in [6.45, 7) is 2.43. The Morgan fingerprint density at radius 2 is 0.655 bits per heavy atom. The highest BCUT2D eigenvalue weighted by Crippen LogP contribution is 2.63. The van der Waals surface area contributed by atoms with Gasteiger partial charge in [0.25, 0.3) is 5.55 Å². The summed E-state index contributed by atoms with van der Waals surface area (Å²) in [5.41, 5.74) is -6.06. The molecule has 16 heteroatoms. The molecule has 0 unspecified atom stereocenters. The van der Waals surface area contributed by atoms with Crippen molar-refractivity contribution in [3.05, 3.63) is 0 Å². The normalized spacial score (nSPS) is 16.3. The van der Waals surface area contributed by atoms with Crippen molar-refractivity contribution in [2.75, 3.05) is 0 Å². The van der Waals surface area contributed by atoms with Crippen LogP contribution in [0.1, 0.15) is 20.8 Å². The molecule has 0 amide bonds. The fraction of sp³-hybridized carbons (Fsp3) is 1.00. The molecular formula is C13H15F15Si. The van der Waals surface area contributed by atoms with Crippen LogP contribution in [0, 0.1) is 0 Å². The van der Waals surface area contributed by atoms with E-state index in [-0.39, 0.29) is 0 Å². The topological polar surface area (TPSA) is 0 Å². The Bertz CT molecular complexity index is 537. The van der Waals surface area contributed by atoms with Crippen molar-refractivity contribution in [2.45, 2.75) is 80.2 Å². The fourth-order valence-corrected chi connectivity index (χ4v) is 6.37. The zero-order valence-corrected chi connectivity index (χ0v) is 15.8. The molecule has 0 atom stereocenters. The molecule has 0 saturated heterocycles. The summed E-state index contributed by atoms with van der Waals surface area (Å²) < 4.78 is 199. The average molecular weight is 484 g/mol. The summed E-state index contributed by atoms with van der Waals surface area (Å²) in [4.78, 5) is 0. The summed E-state index contributed by atoms with van der Waals surface area (Å²) in [5, 5.41) is 0. The molecule has 0 rings (SSSR count). The lowest BCUT2D eigenvalue weighted by Crippen LogP contribution is -2.76. The zero-order valence-electron chi connectivity index (χ0n) is 14.8. The predicted molar refractivity (Wildman–Crippen MR) is 72.9 cm³/mol. The zero-order chi connectivity index (χ0) is 24.1. The van der Waals surface area contributed by atoms with Crippen LogP contribution in [0.5, 0.6) is 0 Å². The van der Waals surface area contributed by atoms with Crippen molar-refractivity contribution in [1.29, 1.82) is 0 Å². The first-order chi connectivity index (χ1) is 12.4. The second-order valence-corrected chi connectivity index (χ2v) is 11.6. The first-order valence-corrected chi connectivity index (χ1v) is 10.4. The van der Waals surface area contributed by atoms with Crippen molar-refractivity contribution in [1.82, 2.24) is 0 Å². The van der Waals surface area contributed by atoms with Crippen LogP contribution in [0.25, 0.3) is 0 Å². The van der Waals surface area contributed by atoms with Crippen LogP contribution in [0.15, 0.2) is 0 Å². The molecule has 0 aromatic heterocycles. The minimum absolute atomic E-state index is 0.811. The van der Waals surface area contributed by atoms with Crippen molar-refractivity contribution in [3.8, 4) is 0 Å². The minimum Gasteiger partial charge on any atom is -0.205 e. The molecule has 0 fully saturated rings. The van der Waals surface area contributed by atoms with E-state index in [4.69, 9.17) is 0 Å². The van der Waals surface area contributed by atoms with Gasteiger partial charge < -0.3 is 0 Å². The second kappa shape index (κ2) is 7.39. The third kappa shape index (κ3) is 3.40. The monoisotopic (exact) mass is 484 g/mol. The number of rotatable bonds is 9. The fourth-order valence-electron chi connectivity index (χ4n) is 2.72. The van der Waals surface area contributed by atoms with Crippen LogP contribution >= 0.6 is 0 Å². The average Bonchev–Trinajstić information content (AvgIpc) is 2.54. The third-order valence-corrected chi connectivity index (χ3v) is 10.7. The lowest BCUT2D eigenvalue weighted by atomic mass is 9.94. The first-order valence-electron chi connectivity index (χ1n) is 7.77. The largest absolute Gasteiger partial charge is 0.460 e. The van der Waals surface area contributed by atoms with E-state index in [1.807, 2.05) is 0 Å². The van der Waals surface area contributed by atoms with Gasteiger partial charge in [-0.25, -0.2) is 8.78 Å². The van der Waals surface area contributed by atoms with E-state index in [2.05, 4.69) is 0 Å². The van der Waals surface area contributed by atoms with E-state index in [0.29, 0.717) is 0 Å². The molecule has 29 heavy (non-hydrogen) atoms.